The van der Waals surface area contributed by atoms with Gasteiger partial charge < -0.3 is 5.73 Å². The standard InChI is InChI=1S/C12H9BrClN3S/c13-9-2-1-6(14)3-7(9)12-16-10-5-18-4-8(10)11(15)17-12/h1-3H,4-5H2,(H2,15,16,17). The Bertz CT molecular complexity index is 633. The summed E-state index contributed by atoms with van der Waals surface area (Å²) in [6.07, 6.45) is 0. The molecule has 0 bridgehead atoms. The summed E-state index contributed by atoms with van der Waals surface area (Å²) in [5, 5.41) is 0.658. The summed E-state index contributed by atoms with van der Waals surface area (Å²) in [5.41, 5.74) is 8.96. The highest BCUT2D eigenvalue weighted by atomic mass is 79.9. The first-order valence-corrected chi connectivity index (χ1v) is 7.66. The number of benzene rings is 1. The van der Waals surface area contributed by atoms with Crippen molar-refractivity contribution in [2.75, 3.05) is 5.73 Å². The van der Waals surface area contributed by atoms with E-state index in [2.05, 4.69) is 25.9 Å². The molecule has 1 aromatic carbocycles. The molecule has 18 heavy (non-hydrogen) atoms. The SMILES string of the molecule is Nc1nc(-c2cc(Cl)ccc2Br)nc2c1CSC2. The number of thioether (sulfide) groups is 1. The molecule has 2 heterocycles. The third-order valence-corrected chi connectivity index (χ3v) is 4.68. The highest BCUT2D eigenvalue weighted by Gasteiger charge is 2.19. The van der Waals surface area contributed by atoms with Crippen LogP contribution in [0.5, 0.6) is 0 Å². The van der Waals surface area contributed by atoms with Crippen LogP contribution < -0.4 is 5.73 Å². The van der Waals surface area contributed by atoms with E-state index in [-0.39, 0.29) is 0 Å². The predicted molar refractivity (Wildman–Crippen MR) is 79.6 cm³/mol. The zero-order valence-electron chi connectivity index (χ0n) is 9.28. The lowest BCUT2D eigenvalue weighted by molar-refractivity contribution is 1.08. The van der Waals surface area contributed by atoms with E-state index in [1.807, 2.05) is 30.0 Å². The van der Waals surface area contributed by atoms with Gasteiger partial charge in [0, 0.05) is 32.1 Å². The molecule has 0 unspecified atom stereocenters. The second-order valence-electron chi connectivity index (χ2n) is 3.97. The molecular formula is C12H9BrClN3S. The van der Waals surface area contributed by atoms with Crippen molar-refractivity contribution < 1.29 is 0 Å². The summed E-state index contributed by atoms with van der Waals surface area (Å²) in [6, 6.07) is 5.55. The molecule has 2 aromatic rings. The molecule has 3 rings (SSSR count). The number of fused-ring (bicyclic) bond motifs is 1. The van der Waals surface area contributed by atoms with E-state index in [0.29, 0.717) is 16.7 Å². The Hall–Kier alpha value is -0.780. The molecule has 0 atom stereocenters. The van der Waals surface area contributed by atoms with Gasteiger partial charge in [-0.05, 0) is 18.2 Å². The van der Waals surface area contributed by atoms with E-state index in [0.717, 1.165) is 32.8 Å². The lowest BCUT2D eigenvalue weighted by Gasteiger charge is -2.08. The normalized spacial score (nSPS) is 13.7. The number of aromatic nitrogens is 2. The first-order valence-electron chi connectivity index (χ1n) is 5.33. The Kier molecular flexibility index (Phi) is 3.21. The van der Waals surface area contributed by atoms with E-state index in [9.17, 15) is 0 Å². The Morgan fingerprint density at radius 2 is 2.11 bits per heavy atom. The number of rotatable bonds is 1. The molecule has 0 fully saturated rings. The van der Waals surface area contributed by atoms with Crippen molar-refractivity contribution >= 4 is 45.1 Å². The van der Waals surface area contributed by atoms with Crippen molar-refractivity contribution in [3.8, 4) is 11.4 Å². The van der Waals surface area contributed by atoms with Gasteiger partial charge in [-0.2, -0.15) is 11.8 Å². The molecule has 0 amide bonds. The minimum Gasteiger partial charge on any atom is -0.383 e. The van der Waals surface area contributed by atoms with Gasteiger partial charge in [0.25, 0.3) is 0 Å². The van der Waals surface area contributed by atoms with Crippen LogP contribution in [0, 0.1) is 0 Å². The van der Waals surface area contributed by atoms with Crippen LogP contribution in [0.2, 0.25) is 5.02 Å². The smallest absolute Gasteiger partial charge is 0.162 e. The number of hydrogen-bond acceptors (Lipinski definition) is 4. The number of nitrogens with zero attached hydrogens (tertiary/aromatic N) is 2. The van der Waals surface area contributed by atoms with Crippen LogP contribution in [0.3, 0.4) is 0 Å². The lowest BCUT2D eigenvalue weighted by Crippen LogP contribution is -2.03. The van der Waals surface area contributed by atoms with Gasteiger partial charge in [0.1, 0.15) is 5.82 Å². The van der Waals surface area contributed by atoms with Gasteiger partial charge in [-0.25, -0.2) is 9.97 Å². The van der Waals surface area contributed by atoms with Crippen LogP contribution in [0.15, 0.2) is 22.7 Å². The van der Waals surface area contributed by atoms with Crippen molar-refractivity contribution in [1.82, 2.24) is 9.97 Å². The minimum atomic E-state index is 0.576. The van der Waals surface area contributed by atoms with Gasteiger partial charge in [0.2, 0.25) is 0 Å². The van der Waals surface area contributed by atoms with Crippen LogP contribution in [-0.4, -0.2) is 9.97 Å². The average molecular weight is 343 g/mol. The van der Waals surface area contributed by atoms with Crippen molar-refractivity contribution in [1.29, 1.82) is 0 Å². The van der Waals surface area contributed by atoms with E-state index < -0.39 is 0 Å². The maximum atomic E-state index is 6.01. The Balaban J connectivity index is 2.18. The quantitative estimate of drug-likeness (QED) is 0.854. The molecule has 1 aliphatic rings. The minimum absolute atomic E-state index is 0.576. The zero-order chi connectivity index (χ0) is 12.7. The zero-order valence-corrected chi connectivity index (χ0v) is 12.4. The van der Waals surface area contributed by atoms with Crippen molar-refractivity contribution in [3.05, 3.63) is 39.0 Å². The third-order valence-electron chi connectivity index (χ3n) is 2.78. The molecular weight excluding hydrogens is 334 g/mol. The second-order valence-corrected chi connectivity index (χ2v) is 6.25. The predicted octanol–water partition coefficient (Wildman–Crippen LogP) is 3.89. The van der Waals surface area contributed by atoms with E-state index in [1.54, 1.807) is 0 Å². The highest BCUT2D eigenvalue weighted by Crippen LogP contribution is 2.35. The van der Waals surface area contributed by atoms with Gasteiger partial charge in [0.15, 0.2) is 5.82 Å². The highest BCUT2D eigenvalue weighted by molar-refractivity contribution is 9.10. The summed E-state index contributed by atoms with van der Waals surface area (Å²) < 4.78 is 0.914. The summed E-state index contributed by atoms with van der Waals surface area (Å²) in [6.45, 7) is 0. The Labute approximate surface area is 122 Å². The van der Waals surface area contributed by atoms with Crippen molar-refractivity contribution in [2.45, 2.75) is 11.5 Å². The van der Waals surface area contributed by atoms with Gasteiger partial charge >= 0.3 is 0 Å². The number of nitrogens with two attached hydrogens (primary N) is 1. The summed E-state index contributed by atoms with van der Waals surface area (Å²) >= 11 is 11.3. The van der Waals surface area contributed by atoms with Gasteiger partial charge in [0.05, 0.1) is 5.69 Å². The van der Waals surface area contributed by atoms with Gasteiger partial charge in [-0.3, -0.25) is 0 Å². The Morgan fingerprint density at radius 1 is 1.28 bits per heavy atom. The fourth-order valence-corrected chi connectivity index (χ4v) is 3.51. The molecule has 0 saturated carbocycles. The maximum Gasteiger partial charge on any atom is 0.162 e. The number of halogens is 2. The first kappa shape index (κ1) is 12.3. The molecule has 1 aromatic heterocycles. The molecule has 1 aliphatic heterocycles. The van der Waals surface area contributed by atoms with E-state index >= 15 is 0 Å². The summed E-state index contributed by atoms with van der Waals surface area (Å²) in [4.78, 5) is 8.97. The molecule has 3 nitrogen and oxygen atoms in total. The fraction of sp³-hybridized carbons (Fsp3) is 0.167. The molecule has 0 spiro atoms. The number of hydrogen-bond donors (Lipinski definition) is 1. The van der Waals surface area contributed by atoms with Crippen LogP contribution in [0.4, 0.5) is 5.82 Å². The van der Waals surface area contributed by atoms with E-state index in [4.69, 9.17) is 17.3 Å². The Morgan fingerprint density at radius 3 is 2.94 bits per heavy atom. The largest absolute Gasteiger partial charge is 0.383 e. The van der Waals surface area contributed by atoms with Gasteiger partial charge in [-0.15, -0.1) is 0 Å². The second kappa shape index (κ2) is 4.72. The van der Waals surface area contributed by atoms with Crippen LogP contribution >= 0.6 is 39.3 Å². The average Bonchev–Trinajstić information content (AvgIpc) is 2.81. The van der Waals surface area contributed by atoms with Crippen molar-refractivity contribution in [3.63, 3.8) is 0 Å². The van der Waals surface area contributed by atoms with Crippen LogP contribution in [0.1, 0.15) is 11.3 Å². The maximum absolute atomic E-state index is 6.01. The molecule has 0 radical (unpaired) electrons. The fourth-order valence-electron chi connectivity index (χ4n) is 1.87. The van der Waals surface area contributed by atoms with Crippen molar-refractivity contribution in [2.24, 2.45) is 0 Å². The van der Waals surface area contributed by atoms with Crippen LogP contribution in [-0.2, 0) is 11.5 Å². The molecule has 2 N–H and O–H groups in total. The lowest BCUT2D eigenvalue weighted by atomic mass is 10.2. The molecule has 0 saturated heterocycles. The number of anilines is 1. The summed E-state index contributed by atoms with van der Waals surface area (Å²) in [5.74, 6) is 3.00. The molecule has 92 valence electrons. The molecule has 0 aliphatic carbocycles. The van der Waals surface area contributed by atoms with Gasteiger partial charge in [-0.1, -0.05) is 27.5 Å². The summed E-state index contributed by atoms with van der Waals surface area (Å²) in [7, 11) is 0. The third kappa shape index (κ3) is 2.11. The topological polar surface area (TPSA) is 51.8 Å². The first-order chi connectivity index (χ1) is 8.65. The van der Waals surface area contributed by atoms with E-state index in [1.165, 1.54) is 0 Å². The van der Waals surface area contributed by atoms with Crippen LogP contribution in [0.25, 0.3) is 11.4 Å². The number of nitrogen functional groups attached to an aromatic ring is 1. The monoisotopic (exact) mass is 341 g/mol. The molecule has 6 heteroatoms.